The topological polar surface area (TPSA) is 67.6 Å². The number of nitrogens with one attached hydrogen (secondary N) is 1. The van der Waals surface area contributed by atoms with Crippen LogP contribution < -0.4 is 15.8 Å². The number of hydrogen-bond donors (Lipinski definition) is 2. The Labute approximate surface area is 133 Å². The molecule has 0 saturated carbocycles. The van der Waals surface area contributed by atoms with Crippen LogP contribution in [0.2, 0.25) is 0 Å². The third-order valence-corrected chi connectivity index (χ3v) is 3.06. The Bertz CT molecular complexity index is 513. The Morgan fingerprint density at radius 1 is 1.36 bits per heavy atom. The van der Waals surface area contributed by atoms with Crippen LogP contribution in [-0.4, -0.2) is 44.6 Å². The monoisotopic (exact) mass is 305 g/mol. The van der Waals surface area contributed by atoms with E-state index in [4.69, 9.17) is 10.5 Å². The first kappa shape index (κ1) is 18.0. The van der Waals surface area contributed by atoms with Gasteiger partial charge in [0.2, 0.25) is 0 Å². The highest BCUT2D eigenvalue weighted by atomic mass is 16.5. The summed E-state index contributed by atoms with van der Waals surface area (Å²) in [6.45, 7) is 7.77. The normalized spacial score (nSPS) is 10.5. The number of amides is 1. The van der Waals surface area contributed by atoms with Crippen LogP contribution >= 0.6 is 0 Å². The zero-order chi connectivity index (χ0) is 16.5. The molecule has 0 aliphatic rings. The molecule has 22 heavy (non-hydrogen) atoms. The molecule has 0 saturated heterocycles. The van der Waals surface area contributed by atoms with Crippen molar-refractivity contribution in [3.63, 3.8) is 0 Å². The maximum Gasteiger partial charge on any atom is 0.251 e. The van der Waals surface area contributed by atoms with Crippen molar-refractivity contribution in [2.75, 3.05) is 39.5 Å². The molecule has 1 rings (SSSR count). The molecule has 1 aromatic rings. The summed E-state index contributed by atoms with van der Waals surface area (Å²) in [6, 6.07) is 5.08. The summed E-state index contributed by atoms with van der Waals surface area (Å²) in [5.41, 5.74) is 7.84. The fraction of sp³-hybridized carbons (Fsp3) is 0.471. The third-order valence-electron chi connectivity index (χ3n) is 3.06. The van der Waals surface area contributed by atoms with Gasteiger partial charge >= 0.3 is 0 Å². The van der Waals surface area contributed by atoms with Crippen LogP contribution in [0.1, 0.15) is 30.1 Å². The van der Waals surface area contributed by atoms with Crippen molar-refractivity contribution in [2.45, 2.75) is 19.8 Å². The first-order valence-corrected chi connectivity index (χ1v) is 7.49. The number of anilines is 1. The summed E-state index contributed by atoms with van der Waals surface area (Å²) in [4.78, 5) is 14.2. The highest BCUT2D eigenvalue weighted by Gasteiger charge is 2.08. The Hall–Kier alpha value is -2.01. The summed E-state index contributed by atoms with van der Waals surface area (Å²) >= 11 is 0. The molecule has 0 bridgehead atoms. The van der Waals surface area contributed by atoms with Gasteiger partial charge in [0.05, 0.1) is 5.69 Å². The van der Waals surface area contributed by atoms with E-state index in [-0.39, 0.29) is 5.91 Å². The van der Waals surface area contributed by atoms with Crippen molar-refractivity contribution < 1.29 is 9.53 Å². The maximum atomic E-state index is 12.0. The Kier molecular flexibility index (Phi) is 7.46. The number of nitrogens with zero attached hydrogens (tertiary/aromatic N) is 1. The van der Waals surface area contributed by atoms with Crippen LogP contribution in [0.3, 0.4) is 0 Å². The van der Waals surface area contributed by atoms with Crippen molar-refractivity contribution in [1.29, 1.82) is 0 Å². The number of hydrogen-bond acceptors (Lipinski definition) is 4. The van der Waals surface area contributed by atoms with E-state index in [9.17, 15) is 4.79 Å². The van der Waals surface area contributed by atoms with Gasteiger partial charge in [-0.05, 0) is 64.2 Å². The lowest BCUT2D eigenvalue weighted by Crippen LogP contribution is -2.25. The second-order valence-corrected chi connectivity index (χ2v) is 5.76. The molecule has 0 aromatic heterocycles. The van der Waals surface area contributed by atoms with Crippen molar-refractivity contribution in [3.8, 4) is 5.75 Å². The van der Waals surface area contributed by atoms with E-state index in [0.717, 1.165) is 25.0 Å². The maximum absolute atomic E-state index is 12.0. The number of benzene rings is 1. The van der Waals surface area contributed by atoms with E-state index >= 15 is 0 Å². The van der Waals surface area contributed by atoms with Gasteiger partial charge in [0, 0.05) is 12.1 Å². The predicted molar refractivity (Wildman–Crippen MR) is 91.3 cm³/mol. The molecule has 0 atom stereocenters. The average molecular weight is 305 g/mol. The summed E-state index contributed by atoms with van der Waals surface area (Å²) in [6.07, 6.45) is 2.02. The predicted octanol–water partition coefficient (Wildman–Crippen LogP) is 2.30. The van der Waals surface area contributed by atoms with Gasteiger partial charge < -0.3 is 20.7 Å². The van der Waals surface area contributed by atoms with E-state index in [2.05, 4.69) is 16.8 Å². The standard InChI is InChI=1S/C17H27N3O2/c1-13(2)12-22-16-8-7-14(11-15(16)18)17(21)19-9-5-6-10-20(3)4/h7-8,11H,1,5-6,9-10,12,18H2,2-4H3,(H,19,21). The molecule has 1 amide bonds. The fourth-order valence-corrected chi connectivity index (χ4v) is 1.88. The van der Waals surface area contributed by atoms with Gasteiger partial charge in [-0.2, -0.15) is 0 Å². The second-order valence-electron chi connectivity index (χ2n) is 5.76. The first-order valence-electron chi connectivity index (χ1n) is 7.49. The molecule has 0 radical (unpaired) electrons. The van der Waals surface area contributed by atoms with E-state index in [1.807, 2.05) is 21.0 Å². The zero-order valence-electron chi connectivity index (χ0n) is 13.8. The lowest BCUT2D eigenvalue weighted by molar-refractivity contribution is 0.0953. The van der Waals surface area contributed by atoms with Crippen LogP contribution in [0.25, 0.3) is 0 Å². The average Bonchev–Trinajstić information content (AvgIpc) is 2.44. The molecule has 5 heteroatoms. The van der Waals surface area contributed by atoms with E-state index in [1.165, 1.54) is 0 Å². The van der Waals surface area contributed by atoms with Crippen LogP contribution in [0.5, 0.6) is 5.75 Å². The fourth-order valence-electron chi connectivity index (χ4n) is 1.88. The quantitative estimate of drug-likeness (QED) is 0.417. The molecule has 0 aliphatic carbocycles. The minimum atomic E-state index is -0.108. The van der Waals surface area contributed by atoms with Crippen molar-refractivity contribution in [1.82, 2.24) is 10.2 Å². The van der Waals surface area contributed by atoms with Gasteiger partial charge in [-0.3, -0.25) is 4.79 Å². The van der Waals surface area contributed by atoms with Crippen LogP contribution in [0.4, 0.5) is 5.69 Å². The lowest BCUT2D eigenvalue weighted by atomic mass is 10.1. The highest BCUT2D eigenvalue weighted by molar-refractivity contribution is 5.95. The molecule has 122 valence electrons. The van der Waals surface area contributed by atoms with E-state index in [1.54, 1.807) is 18.2 Å². The first-order chi connectivity index (χ1) is 10.4. The molecule has 5 nitrogen and oxygen atoms in total. The Balaban J connectivity index is 2.45. The lowest BCUT2D eigenvalue weighted by Gasteiger charge is -2.11. The van der Waals surface area contributed by atoms with Crippen LogP contribution in [-0.2, 0) is 0 Å². The third kappa shape index (κ3) is 6.63. The molecule has 0 fully saturated rings. The van der Waals surface area contributed by atoms with E-state index < -0.39 is 0 Å². The molecule has 1 aromatic carbocycles. The second kappa shape index (κ2) is 9.10. The minimum absolute atomic E-state index is 0.108. The summed E-state index contributed by atoms with van der Waals surface area (Å²) in [5.74, 6) is 0.466. The number of rotatable bonds is 9. The van der Waals surface area contributed by atoms with Gasteiger partial charge in [-0.25, -0.2) is 0 Å². The van der Waals surface area contributed by atoms with Crippen molar-refractivity contribution >= 4 is 11.6 Å². The smallest absolute Gasteiger partial charge is 0.251 e. The molecular weight excluding hydrogens is 278 g/mol. The minimum Gasteiger partial charge on any atom is -0.487 e. The molecule has 0 unspecified atom stereocenters. The molecular formula is C17H27N3O2. The summed E-state index contributed by atoms with van der Waals surface area (Å²) in [5, 5.41) is 2.90. The van der Waals surface area contributed by atoms with Crippen molar-refractivity contribution in [3.05, 3.63) is 35.9 Å². The number of carbonyl (C=O) groups is 1. The van der Waals surface area contributed by atoms with Crippen LogP contribution in [0, 0.1) is 0 Å². The number of nitrogen functional groups attached to an aromatic ring is 1. The molecule has 0 heterocycles. The van der Waals surface area contributed by atoms with E-state index in [0.29, 0.717) is 30.2 Å². The number of ether oxygens (including phenoxy) is 1. The summed E-state index contributed by atoms with van der Waals surface area (Å²) < 4.78 is 5.51. The highest BCUT2D eigenvalue weighted by Crippen LogP contribution is 2.22. The zero-order valence-corrected chi connectivity index (χ0v) is 13.8. The van der Waals surface area contributed by atoms with Gasteiger partial charge in [0.1, 0.15) is 12.4 Å². The SMILES string of the molecule is C=C(C)COc1ccc(C(=O)NCCCCN(C)C)cc1N. The summed E-state index contributed by atoms with van der Waals surface area (Å²) in [7, 11) is 4.08. The number of unbranched alkanes of at least 4 members (excludes halogenated alkanes) is 1. The van der Waals surface area contributed by atoms with Gasteiger partial charge in [0.25, 0.3) is 5.91 Å². The molecule has 3 N–H and O–H groups in total. The van der Waals surface area contributed by atoms with Gasteiger partial charge in [0.15, 0.2) is 0 Å². The van der Waals surface area contributed by atoms with Gasteiger partial charge in [-0.1, -0.05) is 6.58 Å². The number of nitrogens with two attached hydrogens (primary N) is 1. The number of carbonyl (C=O) groups excluding carboxylic acids is 1. The molecule has 0 aliphatic heterocycles. The largest absolute Gasteiger partial charge is 0.487 e. The molecule has 0 spiro atoms. The Morgan fingerprint density at radius 2 is 2.09 bits per heavy atom. The van der Waals surface area contributed by atoms with Crippen LogP contribution in [0.15, 0.2) is 30.4 Å². The van der Waals surface area contributed by atoms with Crippen molar-refractivity contribution in [2.24, 2.45) is 0 Å². The van der Waals surface area contributed by atoms with Gasteiger partial charge in [-0.15, -0.1) is 0 Å². The Morgan fingerprint density at radius 3 is 2.68 bits per heavy atom.